The third-order valence-electron chi connectivity index (χ3n) is 3.97. The zero-order valence-corrected chi connectivity index (χ0v) is 17.0. The van der Waals surface area contributed by atoms with Gasteiger partial charge in [-0.25, -0.2) is 23.5 Å². The van der Waals surface area contributed by atoms with Gasteiger partial charge in [0.25, 0.3) is 0 Å². The lowest BCUT2D eigenvalue weighted by molar-refractivity contribution is 0.134. The van der Waals surface area contributed by atoms with Crippen molar-refractivity contribution in [3.63, 3.8) is 0 Å². The average molecular weight is 419 g/mol. The SMILES string of the molecule is CNS(=O)Nc1cccc(CN2Cc3ccc(OC(=O)N(C)C)cc3OC2=O)n1. The van der Waals surface area contributed by atoms with Gasteiger partial charge in [0.05, 0.1) is 18.8 Å². The molecule has 1 atom stereocenters. The summed E-state index contributed by atoms with van der Waals surface area (Å²) in [6.45, 7) is 0.537. The van der Waals surface area contributed by atoms with Crippen LogP contribution in [0.1, 0.15) is 11.3 Å². The van der Waals surface area contributed by atoms with Crippen LogP contribution in [0.5, 0.6) is 11.5 Å². The Balaban J connectivity index is 1.70. The largest absolute Gasteiger partial charge is 0.415 e. The van der Waals surface area contributed by atoms with Crippen molar-refractivity contribution < 1.29 is 23.3 Å². The van der Waals surface area contributed by atoms with Crippen LogP contribution in [0.3, 0.4) is 0 Å². The number of rotatable bonds is 6. The van der Waals surface area contributed by atoms with Gasteiger partial charge in [-0.2, -0.15) is 0 Å². The van der Waals surface area contributed by atoms with E-state index < -0.39 is 23.4 Å². The monoisotopic (exact) mass is 419 g/mol. The van der Waals surface area contributed by atoms with Crippen molar-refractivity contribution >= 4 is 29.2 Å². The van der Waals surface area contributed by atoms with Crippen molar-refractivity contribution in [3.05, 3.63) is 47.7 Å². The second-order valence-electron chi connectivity index (χ2n) is 6.35. The van der Waals surface area contributed by atoms with Crippen LogP contribution in [-0.4, -0.2) is 52.3 Å². The Bertz CT molecular complexity index is 952. The molecule has 2 aromatic rings. The lowest BCUT2D eigenvalue weighted by Crippen LogP contribution is -2.36. The molecule has 0 fully saturated rings. The van der Waals surface area contributed by atoms with E-state index in [9.17, 15) is 13.8 Å². The van der Waals surface area contributed by atoms with E-state index >= 15 is 0 Å². The maximum Gasteiger partial charge on any atom is 0.415 e. The maximum absolute atomic E-state index is 12.4. The molecule has 0 spiro atoms. The molecular weight excluding hydrogens is 398 g/mol. The minimum absolute atomic E-state index is 0.220. The number of aromatic nitrogens is 1. The standard InChI is InChI=1S/C18H21N5O5S/c1-19-29(26)21-16-6-4-5-13(20-16)11-23-10-12-7-8-14(27-17(24)22(2)3)9-15(12)28-18(23)25/h4-9,19H,10-11H2,1-3H3,(H,20,21). The molecule has 0 aliphatic carbocycles. The first-order chi connectivity index (χ1) is 13.9. The molecule has 0 radical (unpaired) electrons. The smallest absolute Gasteiger partial charge is 0.410 e. The van der Waals surface area contributed by atoms with E-state index in [4.69, 9.17) is 9.47 Å². The Kier molecular flexibility index (Phi) is 6.29. The van der Waals surface area contributed by atoms with Gasteiger partial charge in [-0.3, -0.25) is 9.62 Å². The Hall–Kier alpha value is -3.18. The number of fused-ring (bicyclic) bond motifs is 1. The summed E-state index contributed by atoms with van der Waals surface area (Å²) in [4.78, 5) is 31.2. The molecule has 1 aromatic carbocycles. The second kappa shape index (κ2) is 8.88. The molecule has 2 heterocycles. The van der Waals surface area contributed by atoms with Gasteiger partial charge < -0.3 is 14.4 Å². The first-order valence-electron chi connectivity index (χ1n) is 8.66. The quantitative estimate of drug-likeness (QED) is 0.739. The van der Waals surface area contributed by atoms with Crippen molar-refractivity contribution in [1.82, 2.24) is 19.5 Å². The van der Waals surface area contributed by atoms with Gasteiger partial charge in [-0.15, -0.1) is 0 Å². The van der Waals surface area contributed by atoms with Crippen LogP contribution in [-0.2, 0) is 24.3 Å². The summed E-state index contributed by atoms with van der Waals surface area (Å²) in [6.07, 6.45) is -1.06. The number of anilines is 1. The minimum atomic E-state index is -1.45. The van der Waals surface area contributed by atoms with Crippen LogP contribution in [0.4, 0.5) is 15.4 Å². The molecule has 0 bridgehead atoms. The fourth-order valence-electron chi connectivity index (χ4n) is 2.53. The summed E-state index contributed by atoms with van der Waals surface area (Å²) in [6, 6.07) is 10.1. The highest BCUT2D eigenvalue weighted by Gasteiger charge is 2.26. The molecule has 2 N–H and O–H groups in total. The maximum atomic E-state index is 12.4. The Labute approximate surface area is 170 Å². The molecule has 1 aliphatic heterocycles. The highest BCUT2D eigenvalue weighted by Crippen LogP contribution is 2.31. The summed E-state index contributed by atoms with van der Waals surface area (Å²) in [7, 11) is 4.71. The zero-order valence-electron chi connectivity index (χ0n) is 16.2. The highest BCUT2D eigenvalue weighted by atomic mass is 32.2. The number of hydrogen-bond donors (Lipinski definition) is 2. The fourth-order valence-corrected chi connectivity index (χ4v) is 2.94. The molecule has 1 aromatic heterocycles. The van der Waals surface area contributed by atoms with Crippen LogP contribution in [0.15, 0.2) is 36.4 Å². The minimum Gasteiger partial charge on any atom is -0.410 e. The molecule has 10 nitrogen and oxygen atoms in total. The summed E-state index contributed by atoms with van der Waals surface area (Å²) >= 11 is -1.45. The number of ether oxygens (including phenoxy) is 2. The van der Waals surface area contributed by atoms with Crippen LogP contribution < -0.4 is 18.9 Å². The van der Waals surface area contributed by atoms with E-state index in [0.717, 1.165) is 5.56 Å². The third-order valence-corrected chi connectivity index (χ3v) is 4.73. The number of amides is 2. The predicted octanol–water partition coefficient (Wildman–Crippen LogP) is 1.87. The molecule has 1 unspecified atom stereocenters. The highest BCUT2D eigenvalue weighted by molar-refractivity contribution is 7.84. The van der Waals surface area contributed by atoms with Crippen molar-refractivity contribution in [3.8, 4) is 11.5 Å². The van der Waals surface area contributed by atoms with Gasteiger partial charge in [0, 0.05) is 25.7 Å². The van der Waals surface area contributed by atoms with Crippen LogP contribution >= 0.6 is 0 Å². The zero-order chi connectivity index (χ0) is 21.0. The second-order valence-corrected chi connectivity index (χ2v) is 7.49. The van der Waals surface area contributed by atoms with E-state index in [1.54, 1.807) is 51.5 Å². The molecule has 3 rings (SSSR count). The summed E-state index contributed by atoms with van der Waals surface area (Å²) in [5, 5.41) is 0. The molecular formula is C18H21N5O5S. The van der Waals surface area contributed by atoms with Crippen molar-refractivity contribution in [2.24, 2.45) is 0 Å². The van der Waals surface area contributed by atoms with Crippen LogP contribution in [0.25, 0.3) is 0 Å². The lowest BCUT2D eigenvalue weighted by atomic mass is 10.1. The van der Waals surface area contributed by atoms with E-state index in [2.05, 4.69) is 14.4 Å². The first-order valence-corrected chi connectivity index (χ1v) is 9.81. The van der Waals surface area contributed by atoms with E-state index in [1.807, 2.05) is 0 Å². The first kappa shape index (κ1) is 20.6. The summed E-state index contributed by atoms with van der Waals surface area (Å²) in [5.74, 6) is 1.07. The molecule has 2 amide bonds. The number of benzene rings is 1. The molecule has 11 heteroatoms. The lowest BCUT2D eigenvalue weighted by Gasteiger charge is -2.28. The van der Waals surface area contributed by atoms with Gasteiger partial charge in [-0.1, -0.05) is 6.07 Å². The number of carbonyl (C=O) groups excluding carboxylic acids is 2. The molecule has 0 saturated heterocycles. The Morgan fingerprint density at radius 1 is 1.34 bits per heavy atom. The summed E-state index contributed by atoms with van der Waals surface area (Å²) < 4.78 is 27.4. The average Bonchev–Trinajstić information content (AvgIpc) is 2.68. The number of nitrogens with zero attached hydrogens (tertiary/aromatic N) is 3. The Morgan fingerprint density at radius 3 is 2.86 bits per heavy atom. The van der Waals surface area contributed by atoms with Gasteiger partial charge >= 0.3 is 12.2 Å². The number of hydrogen-bond acceptors (Lipinski definition) is 6. The molecule has 0 saturated carbocycles. The molecule has 29 heavy (non-hydrogen) atoms. The van der Waals surface area contributed by atoms with Crippen LogP contribution in [0.2, 0.25) is 0 Å². The van der Waals surface area contributed by atoms with Gasteiger partial charge in [0.2, 0.25) is 0 Å². The summed E-state index contributed by atoms with van der Waals surface area (Å²) in [5.41, 5.74) is 1.39. The van der Waals surface area contributed by atoms with Crippen LogP contribution in [0, 0.1) is 0 Å². The predicted molar refractivity (Wildman–Crippen MR) is 106 cm³/mol. The van der Waals surface area contributed by atoms with E-state index in [1.165, 1.54) is 15.9 Å². The van der Waals surface area contributed by atoms with Crippen molar-refractivity contribution in [2.75, 3.05) is 25.9 Å². The number of nitrogens with one attached hydrogen (secondary N) is 2. The Morgan fingerprint density at radius 2 is 2.14 bits per heavy atom. The number of carbonyl (C=O) groups is 2. The normalized spacial score (nSPS) is 13.9. The van der Waals surface area contributed by atoms with Crippen molar-refractivity contribution in [1.29, 1.82) is 0 Å². The third kappa shape index (κ3) is 5.21. The topological polar surface area (TPSA) is 113 Å². The van der Waals surface area contributed by atoms with Gasteiger partial charge in [-0.05, 0) is 31.3 Å². The van der Waals surface area contributed by atoms with E-state index in [-0.39, 0.29) is 6.54 Å². The van der Waals surface area contributed by atoms with Gasteiger partial charge in [0.1, 0.15) is 17.3 Å². The molecule has 1 aliphatic rings. The fraction of sp³-hybridized carbons (Fsp3) is 0.278. The number of pyridine rings is 1. The molecule has 154 valence electrons. The van der Waals surface area contributed by atoms with E-state index in [0.29, 0.717) is 29.6 Å². The van der Waals surface area contributed by atoms with Crippen molar-refractivity contribution in [2.45, 2.75) is 13.1 Å². The van der Waals surface area contributed by atoms with Gasteiger partial charge in [0.15, 0.2) is 11.2 Å².